The van der Waals surface area contributed by atoms with E-state index < -0.39 is 0 Å². The van der Waals surface area contributed by atoms with Gasteiger partial charge in [0.15, 0.2) is 0 Å². The summed E-state index contributed by atoms with van der Waals surface area (Å²) in [4.78, 5) is 4.11. The Bertz CT molecular complexity index is 600. The fourth-order valence-corrected chi connectivity index (χ4v) is 1.90. The first-order valence-electron chi connectivity index (χ1n) is 5.25. The van der Waals surface area contributed by atoms with Gasteiger partial charge in [-0.15, -0.1) is 5.10 Å². The molecule has 19 heavy (non-hydrogen) atoms. The van der Waals surface area contributed by atoms with Crippen LogP contribution in [0.1, 0.15) is 5.56 Å². The van der Waals surface area contributed by atoms with Gasteiger partial charge in [-0.05, 0) is 17.7 Å². The smallest absolute Gasteiger partial charge is 0.240 e. The Labute approximate surface area is 122 Å². The largest absolute Gasteiger partial charge is 0.246 e. The van der Waals surface area contributed by atoms with E-state index in [0.717, 1.165) is 10.0 Å². The van der Waals surface area contributed by atoms with E-state index in [0.29, 0.717) is 16.9 Å². The summed E-state index contributed by atoms with van der Waals surface area (Å²) in [5, 5.41) is 19.6. The van der Waals surface area contributed by atoms with Crippen LogP contribution in [-0.2, 0) is 0 Å². The van der Waals surface area contributed by atoms with Gasteiger partial charge in [0.1, 0.15) is 0 Å². The van der Waals surface area contributed by atoms with Gasteiger partial charge in [0.05, 0.1) is 18.0 Å². The molecule has 0 fully saturated rings. The molecule has 0 aliphatic rings. The van der Waals surface area contributed by atoms with Crippen LogP contribution in [0.25, 0.3) is 0 Å². The Balaban J connectivity index is 1.89. The van der Waals surface area contributed by atoms with E-state index in [1.54, 1.807) is 6.21 Å². The molecule has 8 heteroatoms. The Morgan fingerprint density at radius 1 is 1.47 bits per heavy atom. The molecule has 0 atom stereocenters. The molecule has 96 valence electrons. The van der Waals surface area contributed by atoms with Crippen LogP contribution < -0.4 is 5.43 Å². The Morgan fingerprint density at radius 2 is 2.26 bits per heavy atom. The monoisotopic (exact) mass is 336 g/mol. The van der Waals surface area contributed by atoms with E-state index in [-0.39, 0.29) is 0 Å². The second-order valence-electron chi connectivity index (χ2n) is 3.33. The van der Waals surface area contributed by atoms with Gasteiger partial charge in [0.25, 0.3) is 0 Å². The van der Waals surface area contributed by atoms with Gasteiger partial charge in [0, 0.05) is 4.47 Å². The van der Waals surface area contributed by atoms with Crippen molar-refractivity contribution in [2.24, 2.45) is 5.10 Å². The first-order chi connectivity index (χ1) is 9.28. The van der Waals surface area contributed by atoms with E-state index in [4.69, 9.17) is 5.26 Å². The van der Waals surface area contributed by atoms with E-state index in [1.807, 2.05) is 30.3 Å². The summed E-state index contributed by atoms with van der Waals surface area (Å²) in [6, 6.07) is 9.75. The van der Waals surface area contributed by atoms with E-state index in [9.17, 15) is 0 Å². The number of thioether (sulfide) groups is 1. The van der Waals surface area contributed by atoms with Crippen LogP contribution in [0.2, 0.25) is 0 Å². The highest BCUT2D eigenvalue weighted by atomic mass is 79.9. The summed E-state index contributed by atoms with van der Waals surface area (Å²) in [5.74, 6) is 0.758. The lowest BCUT2D eigenvalue weighted by Crippen LogP contribution is -1.92. The second kappa shape index (κ2) is 6.92. The molecular weight excluding hydrogens is 328 g/mol. The van der Waals surface area contributed by atoms with Crippen LogP contribution >= 0.6 is 27.7 Å². The summed E-state index contributed by atoms with van der Waals surface area (Å²) in [5.41, 5.74) is 3.70. The highest BCUT2D eigenvalue weighted by Gasteiger charge is 2.01. The van der Waals surface area contributed by atoms with Gasteiger partial charge in [-0.25, -0.2) is 10.5 Å². The zero-order chi connectivity index (χ0) is 13.5. The number of hydrogen-bond donors (Lipinski definition) is 2. The number of aromatic amines is 1. The number of nitriles is 1. The van der Waals surface area contributed by atoms with Crippen molar-refractivity contribution < 1.29 is 0 Å². The number of benzene rings is 1. The van der Waals surface area contributed by atoms with Crippen LogP contribution in [0, 0.1) is 11.3 Å². The standard InChI is InChI=1S/C11H9BrN6S/c12-9-3-1-8(2-4-9)7-14-16-10-15-11(18-17-10)19-6-5-13/h1-4,7H,6H2,(H2,15,16,17,18)/b14-7+. The van der Waals surface area contributed by atoms with Crippen molar-refractivity contribution in [3.8, 4) is 6.07 Å². The van der Waals surface area contributed by atoms with Crippen LogP contribution in [0.15, 0.2) is 39.0 Å². The average molecular weight is 337 g/mol. The number of H-pyrrole nitrogens is 1. The first kappa shape index (κ1) is 13.6. The number of hydrogen-bond acceptors (Lipinski definition) is 6. The molecule has 2 aromatic rings. The molecule has 1 heterocycles. The summed E-state index contributed by atoms with van der Waals surface area (Å²) in [6.07, 6.45) is 1.68. The lowest BCUT2D eigenvalue weighted by molar-refractivity contribution is 0.975. The van der Waals surface area contributed by atoms with Crippen molar-refractivity contribution in [2.75, 3.05) is 11.2 Å². The number of aromatic nitrogens is 3. The maximum atomic E-state index is 8.44. The van der Waals surface area contributed by atoms with Gasteiger partial charge in [0.2, 0.25) is 11.1 Å². The molecule has 0 saturated heterocycles. The van der Waals surface area contributed by atoms with Gasteiger partial charge >= 0.3 is 0 Å². The first-order valence-corrected chi connectivity index (χ1v) is 7.02. The minimum absolute atomic E-state index is 0.319. The van der Waals surface area contributed by atoms with Crippen molar-refractivity contribution >= 4 is 39.9 Å². The van der Waals surface area contributed by atoms with Crippen molar-refractivity contribution in [3.05, 3.63) is 34.3 Å². The normalized spacial score (nSPS) is 10.5. The molecule has 0 amide bonds. The SMILES string of the molecule is N#CCSc1n[nH]c(N/N=C/c2ccc(Br)cc2)n1. The molecule has 0 bridgehead atoms. The average Bonchev–Trinajstić information content (AvgIpc) is 2.87. The van der Waals surface area contributed by atoms with Crippen LogP contribution in [-0.4, -0.2) is 27.1 Å². The van der Waals surface area contributed by atoms with Crippen molar-refractivity contribution in [1.29, 1.82) is 5.26 Å². The van der Waals surface area contributed by atoms with Gasteiger partial charge in [-0.2, -0.15) is 15.3 Å². The third-order valence-electron chi connectivity index (χ3n) is 1.98. The van der Waals surface area contributed by atoms with Gasteiger partial charge < -0.3 is 0 Å². The molecule has 0 spiro atoms. The zero-order valence-electron chi connectivity index (χ0n) is 9.67. The fraction of sp³-hybridized carbons (Fsp3) is 0.0909. The van der Waals surface area contributed by atoms with Gasteiger partial charge in [-0.3, -0.25) is 0 Å². The highest BCUT2D eigenvalue weighted by Crippen LogP contribution is 2.13. The van der Waals surface area contributed by atoms with E-state index >= 15 is 0 Å². The third kappa shape index (κ3) is 4.39. The number of nitrogens with one attached hydrogen (secondary N) is 2. The summed E-state index contributed by atoms with van der Waals surface area (Å²) in [6.45, 7) is 0. The molecule has 0 saturated carbocycles. The molecule has 0 radical (unpaired) electrons. The molecule has 1 aromatic heterocycles. The minimum Gasteiger partial charge on any atom is -0.246 e. The number of halogens is 1. The number of rotatable bonds is 5. The fourth-order valence-electron chi connectivity index (χ4n) is 1.17. The van der Waals surface area contributed by atoms with Crippen LogP contribution in [0.3, 0.4) is 0 Å². The topological polar surface area (TPSA) is 89.8 Å². The van der Waals surface area contributed by atoms with Crippen molar-refractivity contribution in [1.82, 2.24) is 15.2 Å². The highest BCUT2D eigenvalue weighted by molar-refractivity contribution is 9.10. The van der Waals surface area contributed by atoms with Crippen molar-refractivity contribution in [3.63, 3.8) is 0 Å². The molecule has 0 aliphatic carbocycles. The summed E-state index contributed by atoms with van der Waals surface area (Å²) in [7, 11) is 0. The van der Waals surface area contributed by atoms with E-state index in [2.05, 4.69) is 41.6 Å². The molecule has 0 unspecified atom stereocenters. The van der Waals surface area contributed by atoms with Crippen LogP contribution in [0.4, 0.5) is 5.95 Å². The maximum absolute atomic E-state index is 8.44. The van der Waals surface area contributed by atoms with E-state index in [1.165, 1.54) is 11.8 Å². The summed E-state index contributed by atoms with van der Waals surface area (Å²) < 4.78 is 1.02. The molecule has 2 N–H and O–H groups in total. The quantitative estimate of drug-likeness (QED) is 0.497. The molecule has 1 aromatic carbocycles. The molecule has 0 aliphatic heterocycles. The predicted molar refractivity (Wildman–Crippen MR) is 78.1 cm³/mol. The zero-order valence-corrected chi connectivity index (χ0v) is 12.1. The maximum Gasteiger partial charge on any atom is 0.240 e. The number of hydrazone groups is 1. The molecule has 2 rings (SSSR count). The Kier molecular flexibility index (Phi) is 4.94. The molecular formula is C11H9BrN6S. The van der Waals surface area contributed by atoms with Gasteiger partial charge in [-0.1, -0.05) is 39.8 Å². The Morgan fingerprint density at radius 3 is 3.00 bits per heavy atom. The third-order valence-corrected chi connectivity index (χ3v) is 3.23. The number of anilines is 1. The summed E-state index contributed by atoms with van der Waals surface area (Å²) >= 11 is 4.63. The lowest BCUT2D eigenvalue weighted by Gasteiger charge is -1.94. The molecule has 6 nitrogen and oxygen atoms in total. The minimum atomic E-state index is 0.319. The predicted octanol–water partition coefficient (Wildman–Crippen LogP) is 2.63. The van der Waals surface area contributed by atoms with Crippen LogP contribution in [0.5, 0.6) is 0 Å². The number of nitrogens with zero attached hydrogens (tertiary/aromatic N) is 4. The lowest BCUT2D eigenvalue weighted by atomic mass is 10.2. The van der Waals surface area contributed by atoms with Crippen molar-refractivity contribution in [2.45, 2.75) is 5.16 Å². The second-order valence-corrected chi connectivity index (χ2v) is 5.19. The Hall–Kier alpha value is -1.85.